The van der Waals surface area contributed by atoms with Gasteiger partial charge >= 0.3 is 5.97 Å². The predicted molar refractivity (Wildman–Crippen MR) is 96.5 cm³/mol. The van der Waals surface area contributed by atoms with Crippen molar-refractivity contribution in [1.29, 1.82) is 0 Å². The summed E-state index contributed by atoms with van der Waals surface area (Å²) in [5, 5.41) is 0. The van der Waals surface area contributed by atoms with Crippen LogP contribution in [0, 0.1) is 0 Å². The van der Waals surface area contributed by atoms with Crippen molar-refractivity contribution in [2.75, 3.05) is 31.2 Å². The van der Waals surface area contributed by atoms with Gasteiger partial charge in [-0.25, -0.2) is 0 Å². The Balaban J connectivity index is 1.67. The molecule has 0 aliphatic rings. The van der Waals surface area contributed by atoms with Gasteiger partial charge in [-0.1, -0.05) is 43.3 Å². The molecule has 4 heteroatoms. The molecule has 0 aromatic heterocycles. The van der Waals surface area contributed by atoms with Gasteiger partial charge in [-0.05, 0) is 30.7 Å². The lowest BCUT2D eigenvalue weighted by molar-refractivity contribution is -0.144. The third-order valence-corrected chi connectivity index (χ3v) is 3.56. The van der Waals surface area contributed by atoms with Gasteiger partial charge in [0.15, 0.2) is 0 Å². The largest absolute Gasteiger partial charge is 0.490 e. The molecular weight excluding hydrogens is 302 g/mol. The molecule has 4 nitrogen and oxygen atoms in total. The van der Waals surface area contributed by atoms with E-state index < -0.39 is 0 Å². The van der Waals surface area contributed by atoms with E-state index in [1.807, 2.05) is 48.5 Å². The van der Waals surface area contributed by atoms with Crippen molar-refractivity contribution in [1.82, 2.24) is 0 Å². The second kappa shape index (κ2) is 10.3. The molecule has 0 bridgehead atoms. The highest BCUT2D eigenvalue weighted by Crippen LogP contribution is 2.14. The first-order valence-electron chi connectivity index (χ1n) is 8.43. The minimum atomic E-state index is -0.191. The van der Waals surface area contributed by atoms with Gasteiger partial charge in [0, 0.05) is 18.8 Å². The highest BCUT2D eigenvalue weighted by molar-refractivity contribution is 5.70. The summed E-state index contributed by atoms with van der Waals surface area (Å²) in [6.07, 6.45) is 1.41. The van der Waals surface area contributed by atoms with E-state index in [1.165, 1.54) is 0 Å². The third kappa shape index (κ3) is 6.32. The zero-order chi connectivity index (χ0) is 17.0. The van der Waals surface area contributed by atoms with Crippen LogP contribution in [-0.2, 0) is 9.53 Å². The second-order valence-corrected chi connectivity index (χ2v) is 5.45. The number of hydrogen-bond donors (Lipinski definition) is 0. The van der Waals surface area contributed by atoms with Crippen molar-refractivity contribution in [2.24, 2.45) is 0 Å². The van der Waals surface area contributed by atoms with Crippen LogP contribution in [0.5, 0.6) is 5.75 Å². The highest BCUT2D eigenvalue weighted by atomic mass is 16.6. The van der Waals surface area contributed by atoms with E-state index in [9.17, 15) is 4.79 Å². The molecule has 128 valence electrons. The first kappa shape index (κ1) is 17.9. The van der Waals surface area contributed by atoms with Gasteiger partial charge in [0.05, 0.1) is 6.42 Å². The van der Waals surface area contributed by atoms with Crippen LogP contribution in [0.3, 0.4) is 0 Å². The van der Waals surface area contributed by atoms with Crippen LogP contribution >= 0.6 is 0 Å². The molecule has 2 aromatic rings. The number of ether oxygens (including phenoxy) is 2. The number of para-hydroxylation sites is 2. The number of benzene rings is 2. The zero-order valence-electron chi connectivity index (χ0n) is 14.2. The van der Waals surface area contributed by atoms with Gasteiger partial charge in [0.25, 0.3) is 0 Å². The minimum absolute atomic E-state index is 0.191. The van der Waals surface area contributed by atoms with E-state index in [2.05, 4.69) is 24.0 Å². The van der Waals surface area contributed by atoms with E-state index in [1.54, 1.807) is 0 Å². The number of rotatable bonds is 10. The molecule has 2 rings (SSSR count). The Labute approximate surface area is 144 Å². The maximum absolute atomic E-state index is 11.9. The molecule has 0 atom stereocenters. The van der Waals surface area contributed by atoms with Crippen molar-refractivity contribution >= 4 is 11.7 Å². The Morgan fingerprint density at radius 1 is 0.917 bits per heavy atom. The fraction of sp³-hybridized carbons (Fsp3) is 0.350. The van der Waals surface area contributed by atoms with Crippen molar-refractivity contribution < 1.29 is 14.3 Å². The molecule has 0 saturated carbocycles. The molecular formula is C20H25NO3. The number of nitrogens with zero attached hydrogens (tertiary/aromatic N) is 1. The summed E-state index contributed by atoms with van der Waals surface area (Å²) in [6.45, 7) is 4.36. The van der Waals surface area contributed by atoms with E-state index in [0.29, 0.717) is 19.6 Å². The van der Waals surface area contributed by atoms with E-state index in [-0.39, 0.29) is 12.6 Å². The molecule has 0 aliphatic carbocycles. The smallest absolute Gasteiger partial charge is 0.307 e. The Kier molecular flexibility index (Phi) is 7.68. The molecule has 0 saturated heterocycles. The van der Waals surface area contributed by atoms with Crippen LogP contribution in [0.15, 0.2) is 60.7 Å². The normalized spacial score (nSPS) is 10.2. The van der Waals surface area contributed by atoms with Gasteiger partial charge in [-0.2, -0.15) is 0 Å². The van der Waals surface area contributed by atoms with Gasteiger partial charge in [-0.15, -0.1) is 0 Å². The maximum Gasteiger partial charge on any atom is 0.307 e. The predicted octanol–water partition coefficient (Wildman–Crippen LogP) is 3.92. The fourth-order valence-corrected chi connectivity index (χ4v) is 2.41. The van der Waals surface area contributed by atoms with Gasteiger partial charge < -0.3 is 14.4 Å². The second-order valence-electron chi connectivity index (χ2n) is 5.45. The first-order chi connectivity index (χ1) is 11.8. The van der Waals surface area contributed by atoms with E-state index in [4.69, 9.17) is 9.47 Å². The lowest BCUT2D eigenvalue weighted by atomic mass is 10.2. The molecule has 0 aliphatic heterocycles. The Morgan fingerprint density at radius 3 is 2.25 bits per heavy atom. The third-order valence-electron chi connectivity index (χ3n) is 3.56. The standard InChI is InChI=1S/C20H25NO3/c1-2-14-21(18-9-5-3-6-10-18)15-13-20(22)24-17-16-23-19-11-7-4-8-12-19/h3-12H,2,13-17H2,1H3. The van der Waals surface area contributed by atoms with Crippen LogP contribution < -0.4 is 9.64 Å². The molecule has 0 heterocycles. The molecule has 24 heavy (non-hydrogen) atoms. The maximum atomic E-state index is 11.9. The number of esters is 1. The quantitative estimate of drug-likeness (QED) is 0.490. The van der Waals surface area contributed by atoms with E-state index in [0.717, 1.165) is 24.4 Å². The zero-order valence-corrected chi connectivity index (χ0v) is 14.2. The summed E-state index contributed by atoms with van der Waals surface area (Å²) in [6, 6.07) is 19.7. The highest BCUT2D eigenvalue weighted by Gasteiger charge is 2.09. The summed E-state index contributed by atoms with van der Waals surface area (Å²) in [4.78, 5) is 14.1. The van der Waals surface area contributed by atoms with Gasteiger partial charge in [-0.3, -0.25) is 4.79 Å². The topological polar surface area (TPSA) is 38.8 Å². The molecule has 0 spiro atoms. The summed E-state index contributed by atoms with van der Waals surface area (Å²) < 4.78 is 10.7. The molecule has 0 radical (unpaired) electrons. The molecule has 0 fully saturated rings. The van der Waals surface area contributed by atoms with Crippen LogP contribution in [0.4, 0.5) is 5.69 Å². The van der Waals surface area contributed by atoms with Crippen molar-refractivity contribution in [3.05, 3.63) is 60.7 Å². The summed E-state index contributed by atoms with van der Waals surface area (Å²) >= 11 is 0. The van der Waals surface area contributed by atoms with Crippen molar-refractivity contribution in [2.45, 2.75) is 19.8 Å². The van der Waals surface area contributed by atoms with Gasteiger partial charge in [0.1, 0.15) is 19.0 Å². The van der Waals surface area contributed by atoms with Crippen LogP contribution in [0.1, 0.15) is 19.8 Å². The SMILES string of the molecule is CCCN(CCC(=O)OCCOc1ccccc1)c1ccccc1. The Bertz CT molecular complexity index is 586. The number of carbonyl (C=O) groups is 1. The van der Waals surface area contributed by atoms with Crippen molar-refractivity contribution in [3.8, 4) is 5.75 Å². The van der Waals surface area contributed by atoms with E-state index >= 15 is 0 Å². The average molecular weight is 327 g/mol. The fourth-order valence-electron chi connectivity index (χ4n) is 2.41. The Morgan fingerprint density at radius 2 is 1.58 bits per heavy atom. The van der Waals surface area contributed by atoms with Crippen LogP contribution in [0.25, 0.3) is 0 Å². The lowest BCUT2D eigenvalue weighted by Crippen LogP contribution is -2.27. The molecule has 0 unspecified atom stereocenters. The van der Waals surface area contributed by atoms with Crippen LogP contribution in [0.2, 0.25) is 0 Å². The monoisotopic (exact) mass is 327 g/mol. The lowest BCUT2D eigenvalue weighted by Gasteiger charge is -2.23. The Hall–Kier alpha value is -2.49. The number of anilines is 1. The molecule has 0 amide bonds. The van der Waals surface area contributed by atoms with Crippen molar-refractivity contribution in [3.63, 3.8) is 0 Å². The van der Waals surface area contributed by atoms with Gasteiger partial charge in [0.2, 0.25) is 0 Å². The molecule has 0 N–H and O–H groups in total. The number of carbonyl (C=O) groups excluding carboxylic acids is 1. The summed E-state index contributed by atoms with van der Waals surface area (Å²) in [7, 11) is 0. The first-order valence-corrected chi connectivity index (χ1v) is 8.43. The van der Waals surface area contributed by atoms with Crippen LogP contribution in [-0.4, -0.2) is 32.3 Å². The number of hydrogen-bond acceptors (Lipinski definition) is 4. The summed E-state index contributed by atoms with van der Waals surface area (Å²) in [5.74, 6) is 0.593. The molecule has 2 aromatic carbocycles. The summed E-state index contributed by atoms with van der Waals surface area (Å²) in [5.41, 5.74) is 1.14. The minimum Gasteiger partial charge on any atom is -0.490 e. The average Bonchev–Trinajstić information content (AvgIpc) is 2.64.